The van der Waals surface area contributed by atoms with E-state index >= 15 is 0 Å². The number of hydrogen-bond donors (Lipinski definition) is 0. The van der Waals surface area contributed by atoms with Gasteiger partial charge in [-0.2, -0.15) is 0 Å². The molecule has 1 aromatic heterocycles. The second-order valence-corrected chi connectivity index (χ2v) is 13.0. The average Bonchev–Trinajstić information content (AvgIpc) is 3.32. The van der Waals surface area contributed by atoms with Gasteiger partial charge in [0.15, 0.2) is 5.82 Å². The van der Waals surface area contributed by atoms with Crippen molar-refractivity contribution in [3.63, 3.8) is 0 Å². The van der Waals surface area contributed by atoms with Gasteiger partial charge in [0.05, 0.1) is 22.8 Å². The molecule has 0 spiro atoms. The van der Waals surface area contributed by atoms with Gasteiger partial charge in [0, 0.05) is 50.4 Å². The number of rotatable bonds is 7. The summed E-state index contributed by atoms with van der Waals surface area (Å²) in [6.07, 6.45) is 0. The first-order valence-corrected chi connectivity index (χ1v) is 17.5. The van der Waals surface area contributed by atoms with Gasteiger partial charge in [0.2, 0.25) is 5.91 Å². The normalized spacial score (nSPS) is 13.7. The van der Waals surface area contributed by atoms with E-state index in [1.54, 1.807) is 35.2 Å². The number of amides is 1. The van der Waals surface area contributed by atoms with Gasteiger partial charge in [-0.3, -0.25) is 19.3 Å². The molecule has 4 aromatic carbocycles. The highest BCUT2D eigenvalue weighted by Gasteiger charge is 2.27. The standard InChI is InChI=1S/C21H23ClFN3O.C17H12Cl2N4/c1-3-25(4-2)11-12-26-19-10-9-15(22)13-17(19)21(24-14-20(26)27)16-7-5-6-8-18(16)23;1-10-21-22-16-9-20-17(12-4-2-3-5-14(12)19)13-8-11(18)6-7-15(13)23(10)16/h5-10,13H,3-4,11-12,14H2,1-2H3;2-8H,9H2,1H3. The predicted octanol–water partition coefficient (Wildman–Crippen LogP) is 8.24. The summed E-state index contributed by atoms with van der Waals surface area (Å²) in [6.45, 7) is 9.69. The second kappa shape index (κ2) is 15.6. The largest absolute Gasteiger partial charge is 0.309 e. The summed E-state index contributed by atoms with van der Waals surface area (Å²) in [5, 5.41) is 10.2. The number of halogens is 4. The van der Waals surface area contributed by atoms with E-state index < -0.39 is 0 Å². The summed E-state index contributed by atoms with van der Waals surface area (Å²) in [6, 6.07) is 25.2. The van der Waals surface area contributed by atoms with Crippen molar-refractivity contribution in [3.8, 4) is 5.69 Å². The van der Waals surface area contributed by atoms with Crippen molar-refractivity contribution >= 4 is 57.8 Å². The number of carbonyl (C=O) groups excluding carboxylic acids is 1. The van der Waals surface area contributed by atoms with E-state index in [9.17, 15) is 9.18 Å². The van der Waals surface area contributed by atoms with E-state index in [0.717, 1.165) is 59.5 Å². The molecule has 50 heavy (non-hydrogen) atoms. The number of carbonyl (C=O) groups is 1. The van der Waals surface area contributed by atoms with Crippen LogP contribution in [0.15, 0.2) is 94.9 Å². The lowest BCUT2D eigenvalue weighted by molar-refractivity contribution is -0.117. The first-order chi connectivity index (χ1) is 24.2. The molecule has 256 valence electrons. The lowest BCUT2D eigenvalue weighted by atomic mass is 9.99. The van der Waals surface area contributed by atoms with Crippen molar-refractivity contribution in [2.45, 2.75) is 27.3 Å². The molecule has 0 saturated heterocycles. The Morgan fingerprint density at radius 3 is 2.02 bits per heavy atom. The lowest BCUT2D eigenvalue weighted by Crippen LogP contribution is -2.39. The molecule has 0 fully saturated rings. The van der Waals surface area contributed by atoms with Crippen LogP contribution in [0, 0.1) is 12.7 Å². The van der Waals surface area contributed by atoms with E-state index in [2.05, 4.69) is 33.9 Å². The van der Waals surface area contributed by atoms with Crippen LogP contribution in [0.2, 0.25) is 15.1 Å². The minimum Gasteiger partial charge on any atom is -0.309 e. The van der Waals surface area contributed by atoms with Crippen LogP contribution in [0.25, 0.3) is 5.69 Å². The van der Waals surface area contributed by atoms with Crippen molar-refractivity contribution in [2.75, 3.05) is 37.6 Å². The SMILES string of the molecule is CCN(CC)CCN1C(=O)CN=C(c2ccccc2F)c2cc(Cl)ccc21.Cc1nnc2n1-c1ccc(Cl)cc1C(c1ccccc1Cl)=NC2. The van der Waals surface area contributed by atoms with Crippen LogP contribution in [0.4, 0.5) is 10.1 Å². The van der Waals surface area contributed by atoms with Crippen LogP contribution in [-0.2, 0) is 11.3 Å². The zero-order valence-electron chi connectivity index (χ0n) is 27.9. The first kappa shape index (κ1) is 35.4. The van der Waals surface area contributed by atoms with Gasteiger partial charge in [-0.1, -0.05) is 79.0 Å². The van der Waals surface area contributed by atoms with Crippen LogP contribution in [0.3, 0.4) is 0 Å². The van der Waals surface area contributed by atoms with E-state index in [4.69, 9.17) is 39.8 Å². The van der Waals surface area contributed by atoms with Crippen LogP contribution in [-0.4, -0.2) is 69.7 Å². The zero-order chi connectivity index (χ0) is 35.4. The Kier molecular flexibility index (Phi) is 11.1. The molecule has 0 aliphatic carbocycles. The van der Waals surface area contributed by atoms with Crippen LogP contribution < -0.4 is 4.90 Å². The molecule has 3 heterocycles. The van der Waals surface area contributed by atoms with Crippen molar-refractivity contribution in [3.05, 3.63) is 140 Å². The molecule has 7 rings (SSSR count). The number of fused-ring (bicyclic) bond motifs is 4. The quantitative estimate of drug-likeness (QED) is 0.169. The Morgan fingerprint density at radius 2 is 1.34 bits per heavy atom. The van der Waals surface area contributed by atoms with Crippen molar-refractivity contribution in [1.82, 2.24) is 19.7 Å². The summed E-state index contributed by atoms with van der Waals surface area (Å²) in [5.41, 5.74) is 5.82. The number of nitrogens with zero attached hydrogens (tertiary/aromatic N) is 7. The fraction of sp³-hybridized carbons (Fsp3) is 0.237. The smallest absolute Gasteiger partial charge is 0.248 e. The highest BCUT2D eigenvalue weighted by atomic mass is 35.5. The Morgan fingerprint density at radius 1 is 0.740 bits per heavy atom. The number of aromatic nitrogens is 3. The molecule has 0 N–H and O–H groups in total. The predicted molar refractivity (Wildman–Crippen MR) is 200 cm³/mol. The van der Waals surface area contributed by atoms with Gasteiger partial charge in [-0.25, -0.2) is 4.39 Å². The summed E-state index contributed by atoms with van der Waals surface area (Å²) in [4.78, 5) is 26.0. The Labute approximate surface area is 305 Å². The maximum Gasteiger partial charge on any atom is 0.248 e. The van der Waals surface area contributed by atoms with Crippen LogP contribution in [0.1, 0.15) is 47.8 Å². The average molecular weight is 731 g/mol. The fourth-order valence-corrected chi connectivity index (χ4v) is 6.70. The Balaban J connectivity index is 0.000000175. The zero-order valence-corrected chi connectivity index (χ0v) is 30.1. The van der Waals surface area contributed by atoms with Gasteiger partial charge < -0.3 is 9.80 Å². The first-order valence-electron chi connectivity index (χ1n) is 16.3. The maximum absolute atomic E-state index is 14.4. The third kappa shape index (κ3) is 7.37. The number of benzodiazepines with no additional fused rings is 1. The van der Waals surface area contributed by atoms with Gasteiger partial charge in [0.1, 0.15) is 24.7 Å². The fourth-order valence-electron chi connectivity index (χ4n) is 6.13. The minimum absolute atomic E-state index is 0.0196. The number of aliphatic imine (C=N–C) groups is 2. The number of anilines is 1. The number of aryl methyl sites for hydroxylation is 1. The number of benzene rings is 4. The third-order valence-electron chi connectivity index (χ3n) is 8.70. The van der Waals surface area contributed by atoms with Gasteiger partial charge in [-0.15, -0.1) is 10.2 Å². The lowest BCUT2D eigenvalue weighted by Gasteiger charge is -2.27. The molecule has 1 amide bonds. The molecule has 0 saturated carbocycles. The number of likely N-dealkylation sites (N-methyl/N-ethyl adjacent to an activating group) is 1. The molecule has 2 aliphatic rings. The van der Waals surface area contributed by atoms with Gasteiger partial charge in [0.25, 0.3) is 0 Å². The summed E-state index contributed by atoms with van der Waals surface area (Å²) < 4.78 is 16.4. The molecule has 0 radical (unpaired) electrons. The van der Waals surface area contributed by atoms with E-state index in [1.165, 1.54) is 6.07 Å². The molecule has 5 aromatic rings. The van der Waals surface area contributed by atoms with E-state index in [-0.39, 0.29) is 18.3 Å². The van der Waals surface area contributed by atoms with Crippen LogP contribution >= 0.6 is 34.8 Å². The minimum atomic E-state index is -0.369. The maximum atomic E-state index is 14.4. The van der Waals surface area contributed by atoms with Crippen molar-refractivity contribution < 1.29 is 9.18 Å². The highest BCUT2D eigenvalue weighted by molar-refractivity contribution is 6.36. The van der Waals surface area contributed by atoms with Crippen molar-refractivity contribution in [2.24, 2.45) is 9.98 Å². The van der Waals surface area contributed by atoms with Gasteiger partial charge >= 0.3 is 0 Å². The van der Waals surface area contributed by atoms with Crippen molar-refractivity contribution in [1.29, 1.82) is 0 Å². The third-order valence-corrected chi connectivity index (χ3v) is 9.50. The molecule has 0 atom stereocenters. The molecule has 8 nitrogen and oxygen atoms in total. The Hall–Kier alpha value is -4.41. The molecular weight excluding hydrogens is 696 g/mol. The molecule has 2 aliphatic heterocycles. The topological polar surface area (TPSA) is 79.0 Å². The monoisotopic (exact) mass is 729 g/mol. The van der Waals surface area contributed by atoms with Gasteiger partial charge in [-0.05, 0) is 74.6 Å². The van der Waals surface area contributed by atoms with E-state index in [1.807, 2.05) is 60.0 Å². The molecule has 12 heteroatoms. The second-order valence-electron chi connectivity index (χ2n) is 11.7. The van der Waals surface area contributed by atoms with Crippen LogP contribution in [0.5, 0.6) is 0 Å². The number of hydrogen-bond acceptors (Lipinski definition) is 6. The Bertz CT molecular complexity index is 2110. The molecular formula is C38H35Cl3FN7O. The summed E-state index contributed by atoms with van der Waals surface area (Å²) in [7, 11) is 0. The highest BCUT2D eigenvalue weighted by Crippen LogP contribution is 2.32. The summed E-state index contributed by atoms with van der Waals surface area (Å²) in [5.74, 6) is 1.15. The summed E-state index contributed by atoms with van der Waals surface area (Å²) >= 11 is 18.8. The molecule has 0 unspecified atom stereocenters. The van der Waals surface area contributed by atoms with E-state index in [0.29, 0.717) is 45.0 Å². The molecule has 0 bridgehead atoms.